The minimum absolute atomic E-state index is 0.0889. The number of ether oxygens (including phenoxy) is 3. The van der Waals surface area contributed by atoms with E-state index in [1.54, 1.807) is 17.3 Å². The van der Waals surface area contributed by atoms with Gasteiger partial charge in [0.15, 0.2) is 29.0 Å². The molecule has 0 saturated carbocycles. The van der Waals surface area contributed by atoms with Crippen molar-refractivity contribution < 1.29 is 14.2 Å². The van der Waals surface area contributed by atoms with Crippen LogP contribution >= 0.6 is 11.6 Å². The van der Waals surface area contributed by atoms with Crippen LogP contribution in [0, 0.1) is 0 Å². The summed E-state index contributed by atoms with van der Waals surface area (Å²) in [5.74, 6) is -0.128. The summed E-state index contributed by atoms with van der Waals surface area (Å²) in [5.41, 5.74) is 3.52. The number of rotatable bonds is 8. The monoisotopic (exact) mass is 572 g/mol. The molecular formula is C29H29ClN8O3. The Balaban J connectivity index is 1.20. The maximum Gasteiger partial charge on any atom is 0.226 e. The fourth-order valence-electron chi connectivity index (χ4n) is 5.74. The molecule has 7 rings (SSSR count). The van der Waals surface area contributed by atoms with Crippen LogP contribution in [0.25, 0.3) is 11.2 Å². The van der Waals surface area contributed by atoms with Crippen LogP contribution in [0.15, 0.2) is 79.6 Å². The predicted octanol–water partition coefficient (Wildman–Crippen LogP) is 4.43. The summed E-state index contributed by atoms with van der Waals surface area (Å²) in [4.78, 5) is 17.8. The molecule has 4 atom stereocenters. The van der Waals surface area contributed by atoms with Crippen LogP contribution < -0.4 is 5.32 Å². The smallest absolute Gasteiger partial charge is 0.226 e. The molecule has 2 aliphatic heterocycles. The molecule has 11 nitrogen and oxygen atoms in total. The van der Waals surface area contributed by atoms with Crippen molar-refractivity contribution >= 4 is 28.6 Å². The minimum atomic E-state index is -0.766. The number of nitrogens with zero attached hydrogens (tertiary/aromatic N) is 7. The Morgan fingerprint density at radius 2 is 1.66 bits per heavy atom. The topological polar surface area (TPSA) is 114 Å². The second-order valence-electron chi connectivity index (χ2n) is 10.7. The standard InChI is InChI=1S/C29H29ClN8O3/c1-29(2)40-23-21(14-37-16-31-15-34-37)39-27(24(23)41-29)38-17-33-22-25(35-28(30)36-26(22)38)32-13-20(18-9-5-3-6-10-18)19-11-7-4-8-12-19/h3-12,15-17,20-21,23-24,27H,13-14H2,1-2H3,(H,32,35,36)/t21-,23-,24-,27?/m1/s1. The molecule has 12 heteroatoms. The Bertz CT molecular complexity index is 1590. The van der Waals surface area contributed by atoms with Crippen molar-refractivity contribution in [1.29, 1.82) is 0 Å². The molecule has 2 fully saturated rings. The molecule has 5 aromatic rings. The first kappa shape index (κ1) is 26.0. The van der Waals surface area contributed by atoms with Crippen molar-refractivity contribution in [2.45, 2.75) is 56.6 Å². The fourth-order valence-corrected chi connectivity index (χ4v) is 5.90. The highest BCUT2D eigenvalue weighted by Crippen LogP contribution is 2.44. The number of fused-ring (bicyclic) bond motifs is 2. The molecule has 1 N–H and O–H groups in total. The van der Waals surface area contributed by atoms with E-state index in [1.165, 1.54) is 17.5 Å². The number of hydrogen-bond donors (Lipinski definition) is 1. The summed E-state index contributed by atoms with van der Waals surface area (Å²) >= 11 is 6.47. The minimum Gasteiger partial charge on any atom is -0.367 e. The molecule has 0 radical (unpaired) electrons. The van der Waals surface area contributed by atoms with Gasteiger partial charge in [-0.05, 0) is 36.6 Å². The van der Waals surface area contributed by atoms with Crippen LogP contribution in [-0.4, -0.2) is 64.9 Å². The lowest BCUT2D eigenvalue weighted by Gasteiger charge is -2.24. The fraction of sp³-hybridized carbons (Fsp3) is 0.345. The Morgan fingerprint density at radius 1 is 0.951 bits per heavy atom. The third-order valence-corrected chi connectivity index (χ3v) is 7.67. The molecule has 0 amide bonds. The molecule has 210 valence electrons. The van der Waals surface area contributed by atoms with Gasteiger partial charge >= 0.3 is 0 Å². The zero-order valence-electron chi connectivity index (χ0n) is 22.5. The highest BCUT2D eigenvalue weighted by molar-refractivity contribution is 6.28. The number of benzene rings is 2. The number of aromatic nitrogens is 7. The largest absolute Gasteiger partial charge is 0.367 e. The average Bonchev–Trinajstić information content (AvgIpc) is 3.75. The maximum atomic E-state index is 6.50. The first-order chi connectivity index (χ1) is 19.9. The van der Waals surface area contributed by atoms with E-state index in [4.69, 9.17) is 30.8 Å². The zero-order valence-corrected chi connectivity index (χ0v) is 23.3. The van der Waals surface area contributed by atoms with Gasteiger partial charge in [0, 0.05) is 12.5 Å². The van der Waals surface area contributed by atoms with E-state index >= 15 is 0 Å². The average molecular weight is 573 g/mol. The second kappa shape index (κ2) is 10.5. The summed E-state index contributed by atoms with van der Waals surface area (Å²) < 4.78 is 22.6. The third kappa shape index (κ3) is 5.06. The van der Waals surface area contributed by atoms with E-state index in [0.29, 0.717) is 30.1 Å². The van der Waals surface area contributed by atoms with Crippen LogP contribution in [0.1, 0.15) is 37.1 Å². The summed E-state index contributed by atoms with van der Waals surface area (Å²) in [6.45, 7) is 4.85. The lowest BCUT2D eigenvalue weighted by atomic mass is 9.91. The molecule has 41 heavy (non-hydrogen) atoms. The lowest BCUT2D eigenvalue weighted by Crippen LogP contribution is -2.32. The summed E-state index contributed by atoms with van der Waals surface area (Å²) in [7, 11) is 0. The van der Waals surface area contributed by atoms with E-state index < -0.39 is 12.0 Å². The molecule has 5 heterocycles. The Hall–Kier alpha value is -3.90. The van der Waals surface area contributed by atoms with Gasteiger partial charge in [-0.15, -0.1) is 0 Å². The molecular weight excluding hydrogens is 544 g/mol. The number of halogens is 1. The number of hydrogen-bond acceptors (Lipinski definition) is 9. The Kier molecular flexibility index (Phi) is 6.66. The number of anilines is 1. The Labute approximate surface area is 241 Å². The van der Waals surface area contributed by atoms with Crippen LogP contribution in [0.2, 0.25) is 5.28 Å². The zero-order chi connectivity index (χ0) is 28.0. The predicted molar refractivity (Wildman–Crippen MR) is 151 cm³/mol. The van der Waals surface area contributed by atoms with Gasteiger partial charge < -0.3 is 19.5 Å². The summed E-state index contributed by atoms with van der Waals surface area (Å²) in [6.07, 6.45) is 3.28. The summed E-state index contributed by atoms with van der Waals surface area (Å²) in [5, 5.41) is 7.84. The van der Waals surface area contributed by atoms with Crippen LogP contribution in [0.3, 0.4) is 0 Å². The quantitative estimate of drug-likeness (QED) is 0.270. The van der Waals surface area contributed by atoms with E-state index in [1.807, 2.05) is 54.8 Å². The van der Waals surface area contributed by atoms with Gasteiger partial charge in [-0.3, -0.25) is 9.25 Å². The van der Waals surface area contributed by atoms with Gasteiger partial charge in [-0.1, -0.05) is 60.7 Å². The van der Waals surface area contributed by atoms with Crippen LogP contribution in [-0.2, 0) is 20.8 Å². The van der Waals surface area contributed by atoms with Gasteiger partial charge in [0.25, 0.3) is 0 Å². The first-order valence-electron chi connectivity index (χ1n) is 13.5. The van der Waals surface area contributed by atoms with Gasteiger partial charge in [-0.25, -0.2) is 9.97 Å². The number of nitrogens with one attached hydrogen (secondary N) is 1. The highest BCUT2D eigenvalue weighted by Gasteiger charge is 2.56. The first-order valence-corrected chi connectivity index (χ1v) is 13.9. The highest BCUT2D eigenvalue weighted by atomic mass is 35.5. The molecule has 3 aromatic heterocycles. The molecule has 1 unspecified atom stereocenters. The van der Waals surface area contributed by atoms with E-state index in [0.717, 1.165) is 0 Å². The molecule has 2 saturated heterocycles. The normalized spacial score (nSPS) is 23.3. The van der Waals surface area contributed by atoms with Crippen molar-refractivity contribution in [3.8, 4) is 0 Å². The van der Waals surface area contributed by atoms with Crippen molar-refractivity contribution in [1.82, 2.24) is 34.3 Å². The van der Waals surface area contributed by atoms with Crippen molar-refractivity contribution in [2.24, 2.45) is 0 Å². The number of imidazole rings is 1. The van der Waals surface area contributed by atoms with Crippen LogP contribution in [0.4, 0.5) is 5.82 Å². The third-order valence-electron chi connectivity index (χ3n) is 7.50. The molecule has 0 aliphatic carbocycles. The van der Waals surface area contributed by atoms with Crippen molar-refractivity contribution in [3.63, 3.8) is 0 Å². The second-order valence-corrected chi connectivity index (χ2v) is 11.0. The summed E-state index contributed by atoms with van der Waals surface area (Å²) in [6, 6.07) is 20.8. The molecule has 0 spiro atoms. The lowest BCUT2D eigenvalue weighted by molar-refractivity contribution is -0.197. The maximum absolute atomic E-state index is 6.50. The molecule has 2 aliphatic rings. The van der Waals surface area contributed by atoms with E-state index in [-0.39, 0.29) is 29.5 Å². The Morgan fingerprint density at radius 3 is 2.34 bits per heavy atom. The van der Waals surface area contributed by atoms with Gasteiger partial charge in [-0.2, -0.15) is 15.1 Å². The van der Waals surface area contributed by atoms with E-state index in [9.17, 15) is 0 Å². The molecule has 0 bridgehead atoms. The van der Waals surface area contributed by atoms with E-state index in [2.05, 4.69) is 49.6 Å². The SMILES string of the molecule is CC1(C)O[C@@H]2[C@@H](Cn3cncn3)OC(n3cnc4c(NCC(c5ccccc5)c5ccccc5)nc(Cl)nc43)[C@@H]2O1. The van der Waals surface area contributed by atoms with Gasteiger partial charge in [0.05, 0.1) is 12.9 Å². The van der Waals surface area contributed by atoms with Gasteiger partial charge in [0.1, 0.15) is 31.0 Å². The van der Waals surface area contributed by atoms with Crippen molar-refractivity contribution in [2.75, 3.05) is 11.9 Å². The van der Waals surface area contributed by atoms with Crippen molar-refractivity contribution in [3.05, 3.63) is 96.1 Å². The van der Waals surface area contributed by atoms with Crippen LogP contribution in [0.5, 0.6) is 0 Å². The molecule has 2 aromatic carbocycles. The van der Waals surface area contributed by atoms with Gasteiger partial charge in [0.2, 0.25) is 5.28 Å².